The van der Waals surface area contributed by atoms with Crippen molar-refractivity contribution in [3.8, 4) is 0 Å². The lowest BCUT2D eigenvalue weighted by molar-refractivity contribution is -0.192. The van der Waals surface area contributed by atoms with Gasteiger partial charge >= 0.3 is 12.1 Å². The summed E-state index contributed by atoms with van der Waals surface area (Å²) >= 11 is 5.46. The second kappa shape index (κ2) is 6.59. The van der Waals surface area contributed by atoms with E-state index in [-0.39, 0.29) is 5.96 Å². The van der Waals surface area contributed by atoms with Crippen LogP contribution in [0.1, 0.15) is 0 Å². The first-order valence-electron chi connectivity index (χ1n) is 4.02. The summed E-state index contributed by atoms with van der Waals surface area (Å²) in [4.78, 5) is 12.5. The Kier molecular flexibility index (Phi) is 5.82. The van der Waals surface area contributed by atoms with Crippen LogP contribution in [0.25, 0.3) is 0 Å². The Hall–Kier alpha value is -2.10. The maximum absolute atomic E-state index is 10.6. The van der Waals surface area contributed by atoms with Crippen molar-refractivity contribution in [1.29, 1.82) is 0 Å². The number of alkyl halides is 3. The summed E-state index contributed by atoms with van der Waals surface area (Å²) in [6, 6.07) is 3.12. The summed E-state index contributed by atoms with van der Waals surface area (Å²) in [5.74, 6) is -2.47. The Morgan fingerprint density at radius 2 is 1.83 bits per heavy atom. The van der Waals surface area contributed by atoms with E-state index in [0.29, 0.717) is 11.0 Å². The van der Waals surface area contributed by atoms with Crippen LogP contribution in [0.3, 0.4) is 0 Å². The lowest BCUT2D eigenvalue weighted by Gasteiger charge is -1.93. The number of aliphatic carboxylic acids is 1. The lowest BCUT2D eigenvalue weighted by Crippen LogP contribution is -2.22. The normalized spacial score (nSPS) is 10.0. The Morgan fingerprint density at radius 1 is 1.33 bits per heavy atom. The second-order valence-electron chi connectivity index (χ2n) is 2.55. The first kappa shape index (κ1) is 15.9. The molecule has 0 aromatic carbocycles. The van der Waals surface area contributed by atoms with Crippen LogP contribution in [0.5, 0.6) is 0 Å². The highest BCUT2D eigenvalue weighted by Gasteiger charge is 2.38. The van der Waals surface area contributed by atoms with Crippen LogP contribution < -0.4 is 11.5 Å². The number of carbonyl (C=O) groups is 1. The van der Waals surface area contributed by atoms with Gasteiger partial charge in [0.2, 0.25) is 0 Å². The molecule has 0 atom stereocenters. The van der Waals surface area contributed by atoms with Gasteiger partial charge in [0.25, 0.3) is 0 Å². The standard InChI is InChI=1S/C5H6ClN5.C2HF3O2/c6-3-1-2-4(11-10-3)9-5(7)8;3-2(4,5)1(6)7/h1-2H,(H4,7,8,9,11);(H,6,7). The van der Waals surface area contributed by atoms with Gasteiger partial charge in [0.05, 0.1) is 0 Å². The molecule has 0 bridgehead atoms. The van der Waals surface area contributed by atoms with Gasteiger partial charge in [0.1, 0.15) is 0 Å². The number of carboxylic acid groups (broad SMARTS) is 1. The number of hydrogen-bond acceptors (Lipinski definition) is 4. The molecule has 0 radical (unpaired) electrons. The van der Waals surface area contributed by atoms with E-state index in [1.165, 1.54) is 0 Å². The number of carboxylic acids is 1. The summed E-state index contributed by atoms with van der Waals surface area (Å²) in [6.07, 6.45) is -5.08. The molecule has 0 aliphatic carbocycles. The van der Waals surface area contributed by atoms with Gasteiger partial charge in [-0.1, -0.05) is 11.6 Å². The molecule has 18 heavy (non-hydrogen) atoms. The second-order valence-corrected chi connectivity index (χ2v) is 2.94. The van der Waals surface area contributed by atoms with Crippen molar-refractivity contribution in [2.45, 2.75) is 6.18 Å². The third-order valence-electron chi connectivity index (χ3n) is 1.10. The van der Waals surface area contributed by atoms with Gasteiger partial charge in [-0.2, -0.15) is 18.2 Å². The summed E-state index contributed by atoms with van der Waals surface area (Å²) < 4.78 is 31.7. The largest absolute Gasteiger partial charge is 0.490 e. The molecule has 0 unspecified atom stereocenters. The quantitative estimate of drug-likeness (QED) is 0.514. The molecule has 11 heteroatoms. The van der Waals surface area contributed by atoms with Crippen molar-refractivity contribution in [1.82, 2.24) is 10.2 Å². The fourth-order valence-electron chi connectivity index (χ4n) is 0.501. The number of guanidine groups is 1. The molecule has 0 saturated carbocycles. The minimum atomic E-state index is -5.08. The van der Waals surface area contributed by atoms with E-state index in [9.17, 15) is 13.2 Å². The summed E-state index contributed by atoms with van der Waals surface area (Å²) in [7, 11) is 0. The van der Waals surface area contributed by atoms with E-state index < -0.39 is 12.1 Å². The maximum Gasteiger partial charge on any atom is 0.490 e. The zero-order valence-corrected chi connectivity index (χ0v) is 9.27. The molecule has 1 aromatic heterocycles. The number of hydrogen-bond donors (Lipinski definition) is 3. The van der Waals surface area contributed by atoms with Crippen molar-refractivity contribution in [2.75, 3.05) is 0 Å². The van der Waals surface area contributed by atoms with Crippen LogP contribution in [0.15, 0.2) is 17.1 Å². The first-order valence-corrected chi connectivity index (χ1v) is 4.39. The van der Waals surface area contributed by atoms with Crippen molar-refractivity contribution in [2.24, 2.45) is 16.5 Å². The molecule has 5 N–H and O–H groups in total. The molecular weight excluding hydrogens is 279 g/mol. The average molecular weight is 286 g/mol. The van der Waals surface area contributed by atoms with Gasteiger partial charge in [0.15, 0.2) is 16.9 Å². The van der Waals surface area contributed by atoms with Crippen molar-refractivity contribution in [3.05, 3.63) is 17.3 Å². The van der Waals surface area contributed by atoms with E-state index in [1.54, 1.807) is 12.1 Å². The van der Waals surface area contributed by atoms with E-state index in [0.717, 1.165) is 0 Å². The third-order valence-corrected chi connectivity index (χ3v) is 1.31. The number of halogens is 4. The zero-order valence-electron chi connectivity index (χ0n) is 8.52. The maximum atomic E-state index is 10.6. The van der Waals surface area contributed by atoms with Gasteiger partial charge in [0, 0.05) is 0 Å². The van der Waals surface area contributed by atoms with E-state index in [4.69, 9.17) is 33.0 Å². The van der Waals surface area contributed by atoms with E-state index in [2.05, 4.69) is 15.2 Å². The van der Waals surface area contributed by atoms with E-state index in [1.807, 2.05) is 0 Å². The predicted molar refractivity (Wildman–Crippen MR) is 56.2 cm³/mol. The molecule has 0 saturated heterocycles. The summed E-state index contributed by atoms with van der Waals surface area (Å²) in [5.41, 5.74) is 10.2. The molecule has 1 aromatic rings. The molecule has 0 fully saturated rings. The van der Waals surface area contributed by atoms with Crippen molar-refractivity contribution < 1.29 is 23.1 Å². The van der Waals surface area contributed by atoms with Crippen LogP contribution in [0.4, 0.5) is 19.0 Å². The zero-order chi connectivity index (χ0) is 14.3. The highest BCUT2D eigenvalue weighted by molar-refractivity contribution is 6.29. The molecule has 1 heterocycles. The Labute approximate surface area is 103 Å². The Balaban J connectivity index is 0.000000360. The number of nitrogens with two attached hydrogens (primary N) is 2. The summed E-state index contributed by atoms with van der Waals surface area (Å²) in [5, 5.41) is 14.5. The highest BCUT2D eigenvalue weighted by atomic mass is 35.5. The van der Waals surface area contributed by atoms with Gasteiger partial charge < -0.3 is 16.6 Å². The molecule has 0 spiro atoms. The molecule has 100 valence electrons. The topological polar surface area (TPSA) is 127 Å². The summed E-state index contributed by atoms with van der Waals surface area (Å²) in [6.45, 7) is 0. The monoisotopic (exact) mass is 285 g/mol. The molecule has 7 nitrogen and oxygen atoms in total. The lowest BCUT2D eigenvalue weighted by atomic mass is 10.5. The Bertz CT molecular complexity index is 430. The number of nitrogens with zero attached hydrogens (tertiary/aromatic N) is 3. The van der Waals surface area contributed by atoms with Crippen molar-refractivity contribution >= 4 is 29.3 Å². The minimum Gasteiger partial charge on any atom is -0.475 e. The van der Waals surface area contributed by atoms with E-state index >= 15 is 0 Å². The van der Waals surface area contributed by atoms with Crippen molar-refractivity contribution in [3.63, 3.8) is 0 Å². The SMILES string of the molecule is NC(N)=Nc1ccc(Cl)nn1.O=C(O)C(F)(F)F. The number of rotatable bonds is 1. The van der Waals surface area contributed by atoms with Gasteiger partial charge in [-0.3, -0.25) is 0 Å². The molecular formula is C7H7ClF3N5O2. The molecule has 1 rings (SSSR count). The highest BCUT2D eigenvalue weighted by Crippen LogP contribution is 2.13. The number of aliphatic imine (C=N–C) groups is 1. The van der Waals surface area contributed by atoms with Gasteiger partial charge in [-0.25, -0.2) is 4.79 Å². The van der Waals surface area contributed by atoms with Crippen LogP contribution >= 0.6 is 11.6 Å². The van der Waals surface area contributed by atoms with Gasteiger partial charge in [-0.05, 0) is 12.1 Å². The number of aromatic nitrogens is 2. The van der Waals surface area contributed by atoms with Crippen LogP contribution in [-0.2, 0) is 4.79 Å². The smallest absolute Gasteiger partial charge is 0.475 e. The fraction of sp³-hybridized carbons (Fsp3) is 0.143. The third kappa shape index (κ3) is 7.22. The molecule has 0 amide bonds. The van der Waals surface area contributed by atoms with Gasteiger partial charge in [-0.15, -0.1) is 10.2 Å². The average Bonchev–Trinajstić information content (AvgIpc) is 2.20. The predicted octanol–water partition coefficient (Wildman–Crippen LogP) is 0.668. The Morgan fingerprint density at radius 3 is 2.11 bits per heavy atom. The minimum absolute atomic E-state index is 0.0541. The molecule has 0 aliphatic rings. The first-order chi connectivity index (χ1) is 8.12. The van der Waals surface area contributed by atoms with Crippen LogP contribution in [-0.4, -0.2) is 33.4 Å². The van der Waals surface area contributed by atoms with Crippen LogP contribution in [0.2, 0.25) is 5.15 Å². The van der Waals surface area contributed by atoms with Crippen LogP contribution in [0, 0.1) is 0 Å². The molecule has 0 aliphatic heterocycles. The fourth-order valence-corrected chi connectivity index (χ4v) is 0.602.